The van der Waals surface area contributed by atoms with Crippen LogP contribution in [0.3, 0.4) is 0 Å². The fourth-order valence-corrected chi connectivity index (χ4v) is 6.51. The molecule has 1 aliphatic rings. The molecule has 1 aliphatic carbocycles. The van der Waals surface area contributed by atoms with Crippen LogP contribution in [0.4, 0.5) is 0 Å². The topological polar surface area (TPSA) is 0 Å². The van der Waals surface area contributed by atoms with Crippen LogP contribution in [-0.4, -0.2) is 0 Å². The van der Waals surface area contributed by atoms with Crippen molar-refractivity contribution in [3.63, 3.8) is 0 Å². The second-order valence-electron chi connectivity index (χ2n) is 8.29. The summed E-state index contributed by atoms with van der Waals surface area (Å²) in [6.45, 7) is 4.66. The molecule has 1 aromatic heterocycles. The average Bonchev–Trinajstić information content (AvgIpc) is 3.23. The van der Waals surface area contributed by atoms with E-state index >= 15 is 0 Å². The first kappa shape index (κ1) is 17.3. The number of hydrogen-bond donors (Lipinski definition) is 0. The third-order valence-electron chi connectivity index (χ3n) is 6.37. The van der Waals surface area contributed by atoms with E-state index in [2.05, 4.69) is 80.6 Å². The zero-order valence-electron chi connectivity index (χ0n) is 16.3. The molecular weight excluding hydrogens is 392 g/mol. The van der Waals surface area contributed by atoms with Gasteiger partial charge in [-0.25, -0.2) is 0 Å². The summed E-state index contributed by atoms with van der Waals surface area (Å²) in [4.78, 5) is 0. The molecule has 0 radical (unpaired) electrons. The molecular formula is C27H19ClS. The van der Waals surface area contributed by atoms with E-state index in [1.165, 1.54) is 53.6 Å². The lowest BCUT2D eigenvalue weighted by Gasteiger charge is -2.21. The van der Waals surface area contributed by atoms with Gasteiger partial charge in [-0.3, -0.25) is 0 Å². The molecule has 0 amide bonds. The Bertz CT molecular complexity index is 1440. The largest absolute Gasteiger partial charge is 0.135 e. The van der Waals surface area contributed by atoms with Crippen LogP contribution in [0.1, 0.15) is 25.0 Å². The molecule has 2 heteroatoms. The van der Waals surface area contributed by atoms with Crippen LogP contribution in [0.5, 0.6) is 0 Å². The van der Waals surface area contributed by atoms with Crippen molar-refractivity contribution >= 4 is 43.1 Å². The molecule has 0 aliphatic heterocycles. The average molecular weight is 411 g/mol. The molecule has 29 heavy (non-hydrogen) atoms. The van der Waals surface area contributed by atoms with E-state index in [4.69, 9.17) is 11.6 Å². The molecule has 0 spiro atoms. The van der Waals surface area contributed by atoms with Gasteiger partial charge in [-0.2, -0.15) is 0 Å². The molecule has 1 heterocycles. The number of rotatable bonds is 1. The standard InChI is InChI=1S/C27H19ClS/c1-27(2)19-11-4-3-8-18(19)24-16(9-5-12-20(24)27)17-10-6-14-22-25(17)26-21(28)13-7-15-23(26)29-22/h3-15H,1-2H3. The first-order chi connectivity index (χ1) is 14.1. The van der Waals surface area contributed by atoms with Crippen LogP contribution in [0.25, 0.3) is 42.4 Å². The maximum absolute atomic E-state index is 6.69. The Hall–Kier alpha value is -2.61. The molecule has 0 N–H and O–H groups in total. The smallest absolute Gasteiger partial charge is 0.0499 e. The molecule has 0 nitrogen and oxygen atoms in total. The van der Waals surface area contributed by atoms with Crippen molar-refractivity contribution in [2.45, 2.75) is 19.3 Å². The second-order valence-corrected chi connectivity index (χ2v) is 9.78. The summed E-state index contributed by atoms with van der Waals surface area (Å²) in [7, 11) is 0. The van der Waals surface area contributed by atoms with Crippen molar-refractivity contribution in [2.75, 3.05) is 0 Å². The van der Waals surface area contributed by atoms with E-state index in [0.717, 1.165) is 5.02 Å². The van der Waals surface area contributed by atoms with Gasteiger partial charge in [0.2, 0.25) is 0 Å². The van der Waals surface area contributed by atoms with Crippen LogP contribution in [-0.2, 0) is 5.41 Å². The molecule has 5 aromatic rings. The number of thiophene rings is 1. The van der Waals surface area contributed by atoms with Crippen LogP contribution in [0.15, 0.2) is 78.9 Å². The predicted octanol–water partition coefficient (Wildman–Crippen LogP) is 8.68. The zero-order chi connectivity index (χ0) is 19.8. The Kier molecular flexibility index (Phi) is 3.54. The van der Waals surface area contributed by atoms with Gasteiger partial charge in [0.25, 0.3) is 0 Å². The van der Waals surface area contributed by atoms with E-state index < -0.39 is 0 Å². The number of benzene rings is 4. The van der Waals surface area contributed by atoms with Gasteiger partial charge in [-0.1, -0.05) is 86.1 Å². The summed E-state index contributed by atoms with van der Waals surface area (Å²) in [6.07, 6.45) is 0. The van der Waals surface area contributed by atoms with Gasteiger partial charge in [-0.05, 0) is 51.6 Å². The lowest BCUT2D eigenvalue weighted by atomic mass is 9.82. The highest BCUT2D eigenvalue weighted by molar-refractivity contribution is 7.26. The van der Waals surface area contributed by atoms with Crippen LogP contribution < -0.4 is 0 Å². The maximum atomic E-state index is 6.69. The molecule has 0 bridgehead atoms. The molecule has 0 saturated carbocycles. The minimum absolute atomic E-state index is 0.00416. The van der Waals surface area contributed by atoms with Crippen molar-refractivity contribution in [2.24, 2.45) is 0 Å². The normalized spacial score (nSPS) is 14.3. The minimum atomic E-state index is 0.00416. The predicted molar refractivity (Wildman–Crippen MR) is 127 cm³/mol. The van der Waals surface area contributed by atoms with Crippen LogP contribution in [0, 0.1) is 0 Å². The molecule has 4 aromatic carbocycles. The molecule has 140 valence electrons. The summed E-state index contributed by atoms with van der Waals surface area (Å²) in [5.41, 5.74) is 8.10. The molecule has 0 saturated heterocycles. The van der Waals surface area contributed by atoms with Gasteiger partial charge >= 0.3 is 0 Å². The van der Waals surface area contributed by atoms with Gasteiger partial charge in [0.05, 0.1) is 0 Å². The second kappa shape index (κ2) is 5.95. The van der Waals surface area contributed by atoms with Crippen molar-refractivity contribution < 1.29 is 0 Å². The Balaban J connectivity index is 1.77. The maximum Gasteiger partial charge on any atom is 0.0499 e. The van der Waals surface area contributed by atoms with E-state index in [1.807, 2.05) is 23.5 Å². The van der Waals surface area contributed by atoms with Gasteiger partial charge in [0.1, 0.15) is 0 Å². The molecule has 0 fully saturated rings. The fraction of sp³-hybridized carbons (Fsp3) is 0.111. The highest BCUT2D eigenvalue weighted by Crippen LogP contribution is 2.53. The number of fused-ring (bicyclic) bond motifs is 6. The Morgan fingerprint density at radius 1 is 0.621 bits per heavy atom. The van der Waals surface area contributed by atoms with Crippen molar-refractivity contribution in [1.29, 1.82) is 0 Å². The molecule has 6 rings (SSSR count). The summed E-state index contributed by atoms with van der Waals surface area (Å²) in [6, 6.07) is 28.5. The Morgan fingerprint density at radius 3 is 2.10 bits per heavy atom. The van der Waals surface area contributed by atoms with Gasteiger partial charge in [0.15, 0.2) is 0 Å². The van der Waals surface area contributed by atoms with E-state index in [1.54, 1.807) is 0 Å². The van der Waals surface area contributed by atoms with E-state index in [9.17, 15) is 0 Å². The summed E-state index contributed by atoms with van der Waals surface area (Å²) in [5, 5.41) is 3.27. The SMILES string of the molecule is CC1(C)c2ccccc2-c2c(-c3cccc4sc5cccc(Cl)c5c34)cccc21. The third-order valence-corrected chi connectivity index (χ3v) is 7.80. The Morgan fingerprint density at radius 2 is 1.24 bits per heavy atom. The lowest BCUT2D eigenvalue weighted by Crippen LogP contribution is -2.14. The van der Waals surface area contributed by atoms with Crippen LogP contribution >= 0.6 is 22.9 Å². The highest BCUT2D eigenvalue weighted by atomic mass is 35.5. The minimum Gasteiger partial charge on any atom is -0.135 e. The van der Waals surface area contributed by atoms with Crippen molar-refractivity contribution in [3.8, 4) is 22.3 Å². The monoisotopic (exact) mass is 410 g/mol. The summed E-state index contributed by atoms with van der Waals surface area (Å²) in [5.74, 6) is 0. The molecule has 0 unspecified atom stereocenters. The van der Waals surface area contributed by atoms with Gasteiger partial charge in [0, 0.05) is 30.6 Å². The zero-order valence-corrected chi connectivity index (χ0v) is 17.9. The lowest BCUT2D eigenvalue weighted by molar-refractivity contribution is 0.660. The summed E-state index contributed by atoms with van der Waals surface area (Å²) >= 11 is 8.51. The van der Waals surface area contributed by atoms with Crippen molar-refractivity contribution in [3.05, 3.63) is 95.0 Å². The quantitative estimate of drug-likeness (QED) is 0.259. The van der Waals surface area contributed by atoms with Gasteiger partial charge < -0.3 is 0 Å². The highest BCUT2D eigenvalue weighted by Gasteiger charge is 2.36. The number of halogens is 1. The first-order valence-electron chi connectivity index (χ1n) is 9.91. The summed E-state index contributed by atoms with van der Waals surface area (Å²) < 4.78 is 2.53. The fourth-order valence-electron chi connectivity index (χ4n) is 5.03. The van der Waals surface area contributed by atoms with Crippen molar-refractivity contribution in [1.82, 2.24) is 0 Å². The van der Waals surface area contributed by atoms with Crippen LogP contribution in [0.2, 0.25) is 5.02 Å². The Labute approximate surface area is 179 Å². The number of hydrogen-bond acceptors (Lipinski definition) is 1. The van der Waals surface area contributed by atoms with Gasteiger partial charge in [-0.15, -0.1) is 11.3 Å². The first-order valence-corrected chi connectivity index (χ1v) is 11.1. The van der Waals surface area contributed by atoms with E-state index in [-0.39, 0.29) is 5.41 Å². The third kappa shape index (κ3) is 2.26. The van der Waals surface area contributed by atoms with E-state index in [0.29, 0.717) is 0 Å². The molecule has 0 atom stereocenters.